The summed E-state index contributed by atoms with van der Waals surface area (Å²) < 4.78 is 0. The van der Waals surface area contributed by atoms with Gasteiger partial charge in [0.05, 0.1) is 5.60 Å². The van der Waals surface area contributed by atoms with Crippen molar-refractivity contribution in [1.82, 2.24) is 5.32 Å². The molecule has 13 heavy (non-hydrogen) atoms. The molecule has 0 saturated heterocycles. The van der Waals surface area contributed by atoms with Gasteiger partial charge in [0.1, 0.15) is 0 Å². The van der Waals surface area contributed by atoms with Gasteiger partial charge in [-0.2, -0.15) is 0 Å². The molecule has 0 aliphatic heterocycles. The van der Waals surface area contributed by atoms with Crippen molar-refractivity contribution in [2.45, 2.75) is 47.1 Å². The van der Waals surface area contributed by atoms with Crippen molar-refractivity contribution in [2.24, 2.45) is 11.3 Å². The molecule has 0 aliphatic carbocycles. The third-order valence-corrected chi connectivity index (χ3v) is 2.70. The molecule has 0 amide bonds. The van der Waals surface area contributed by atoms with Gasteiger partial charge in [0.2, 0.25) is 0 Å². The minimum atomic E-state index is -0.604. The van der Waals surface area contributed by atoms with Crippen molar-refractivity contribution < 1.29 is 5.11 Å². The summed E-state index contributed by atoms with van der Waals surface area (Å²) >= 11 is 0. The number of hydrogen-bond donors (Lipinski definition) is 2. The van der Waals surface area contributed by atoms with E-state index in [9.17, 15) is 5.11 Å². The Labute approximate surface area is 82.7 Å². The molecule has 0 radical (unpaired) electrons. The molecule has 80 valence electrons. The summed E-state index contributed by atoms with van der Waals surface area (Å²) in [5.41, 5.74) is -0.307. The van der Waals surface area contributed by atoms with Gasteiger partial charge in [0.15, 0.2) is 0 Å². The van der Waals surface area contributed by atoms with E-state index in [1.807, 2.05) is 13.8 Å². The van der Waals surface area contributed by atoms with Gasteiger partial charge >= 0.3 is 0 Å². The maximum Gasteiger partial charge on any atom is 0.0715 e. The zero-order valence-electron chi connectivity index (χ0n) is 9.94. The first-order valence-corrected chi connectivity index (χ1v) is 5.08. The Kier molecular flexibility index (Phi) is 4.40. The summed E-state index contributed by atoms with van der Waals surface area (Å²) in [5, 5.41) is 12.8. The van der Waals surface area contributed by atoms with Crippen LogP contribution in [0.2, 0.25) is 0 Å². The lowest BCUT2D eigenvalue weighted by Gasteiger charge is -2.31. The average molecular weight is 187 g/mol. The predicted molar refractivity (Wildman–Crippen MR) is 57.8 cm³/mol. The molecule has 0 aromatic carbocycles. The highest BCUT2D eigenvalue weighted by atomic mass is 16.3. The molecular formula is C11H25NO. The lowest BCUT2D eigenvalue weighted by molar-refractivity contribution is 0.0747. The quantitative estimate of drug-likeness (QED) is 0.690. The zero-order valence-corrected chi connectivity index (χ0v) is 9.94. The molecule has 2 nitrogen and oxygen atoms in total. The van der Waals surface area contributed by atoms with E-state index >= 15 is 0 Å². The van der Waals surface area contributed by atoms with Gasteiger partial charge in [-0.15, -0.1) is 0 Å². The van der Waals surface area contributed by atoms with Gasteiger partial charge in [-0.05, 0) is 25.2 Å². The summed E-state index contributed by atoms with van der Waals surface area (Å²) in [4.78, 5) is 0. The first kappa shape index (κ1) is 12.9. The van der Waals surface area contributed by atoms with Gasteiger partial charge in [-0.25, -0.2) is 0 Å². The van der Waals surface area contributed by atoms with Crippen LogP contribution in [-0.2, 0) is 0 Å². The van der Waals surface area contributed by atoms with Gasteiger partial charge in [0.25, 0.3) is 0 Å². The van der Waals surface area contributed by atoms with Crippen LogP contribution >= 0.6 is 0 Å². The van der Waals surface area contributed by atoms with E-state index in [0.717, 1.165) is 6.54 Å². The number of hydrogen-bond acceptors (Lipinski definition) is 2. The van der Waals surface area contributed by atoms with Gasteiger partial charge in [0, 0.05) is 13.1 Å². The van der Waals surface area contributed by atoms with Crippen LogP contribution in [0, 0.1) is 11.3 Å². The largest absolute Gasteiger partial charge is 0.389 e. The lowest BCUT2D eigenvalue weighted by Crippen LogP contribution is -2.41. The van der Waals surface area contributed by atoms with E-state index in [4.69, 9.17) is 0 Å². The third kappa shape index (κ3) is 6.05. The number of nitrogens with one attached hydrogen (secondary N) is 1. The van der Waals surface area contributed by atoms with E-state index in [1.54, 1.807) is 0 Å². The molecule has 0 saturated carbocycles. The monoisotopic (exact) mass is 187 g/mol. The summed E-state index contributed by atoms with van der Waals surface area (Å²) in [6, 6.07) is 0. The first-order chi connectivity index (χ1) is 5.65. The minimum Gasteiger partial charge on any atom is -0.389 e. The van der Waals surface area contributed by atoms with Crippen molar-refractivity contribution in [3.63, 3.8) is 0 Å². The molecule has 0 bridgehead atoms. The Bertz CT molecular complexity index is 145. The summed E-state index contributed by atoms with van der Waals surface area (Å²) in [7, 11) is 0. The Morgan fingerprint density at radius 2 is 1.54 bits per heavy atom. The normalized spacial score (nSPS) is 13.8. The van der Waals surface area contributed by atoms with E-state index in [2.05, 4.69) is 33.0 Å². The van der Waals surface area contributed by atoms with Gasteiger partial charge in [-0.1, -0.05) is 27.7 Å². The van der Waals surface area contributed by atoms with E-state index < -0.39 is 5.60 Å². The predicted octanol–water partition coefficient (Wildman–Crippen LogP) is 2.03. The SMILES string of the molecule is CC(C)C(C)(C)CNCC(C)(C)O. The zero-order chi connectivity index (χ0) is 10.7. The van der Waals surface area contributed by atoms with Crippen molar-refractivity contribution in [2.75, 3.05) is 13.1 Å². The van der Waals surface area contributed by atoms with Crippen LogP contribution in [0.15, 0.2) is 0 Å². The second kappa shape index (κ2) is 4.43. The molecule has 0 aromatic rings. The fourth-order valence-corrected chi connectivity index (χ4v) is 0.895. The molecule has 0 aromatic heterocycles. The second-order valence-electron chi connectivity index (χ2n) is 5.56. The number of aliphatic hydroxyl groups is 1. The minimum absolute atomic E-state index is 0.297. The smallest absolute Gasteiger partial charge is 0.0715 e. The van der Waals surface area contributed by atoms with Crippen molar-refractivity contribution in [3.05, 3.63) is 0 Å². The van der Waals surface area contributed by atoms with Crippen LogP contribution < -0.4 is 5.32 Å². The average Bonchev–Trinajstić information content (AvgIpc) is 1.82. The Morgan fingerprint density at radius 3 is 1.85 bits per heavy atom. The van der Waals surface area contributed by atoms with E-state index in [0.29, 0.717) is 17.9 Å². The van der Waals surface area contributed by atoms with Crippen LogP contribution in [-0.4, -0.2) is 23.8 Å². The molecule has 0 aliphatic rings. The first-order valence-electron chi connectivity index (χ1n) is 5.08. The Hall–Kier alpha value is -0.0800. The van der Waals surface area contributed by atoms with Gasteiger partial charge < -0.3 is 10.4 Å². The molecule has 0 rings (SSSR count). The number of rotatable bonds is 5. The molecular weight excluding hydrogens is 162 g/mol. The van der Waals surface area contributed by atoms with Crippen LogP contribution in [0.1, 0.15) is 41.5 Å². The van der Waals surface area contributed by atoms with Gasteiger partial charge in [-0.3, -0.25) is 0 Å². The van der Waals surface area contributed by atoms with E-state index in [1.165, 1.54) is 0 Å². The van der Waals surface area contributed by atoms with Crippen molar-refractivity contribution in [3.8, 4) is 0 Å². The molecule has 2 N–H and O–H groups in total. The van der Waals surface area contributed by atoms with E-state index in [-0.39, 0.29) is 0 Å². The highest BCUT2D eigenvalue weighted by Gasteiger charge is 2.22. The molecule has 2 heteroatoms. The van der Waals surface area contributed by atoms with Crippen LogP contribution in [0.25, 0.3) is 0 Å². The topological polar surface area (TPSA) is 32.3 Å². The molecule has 0 fully saturated rings. The summed E-state index contributed by atoms with van der Waals surface area (Å²) in [5.74, 6) is 0.654. The second-order valence-corrected chi connectivity index (χ2v) is 5.56. The standard InChI is InChI=1S/C11H25NO/c1-9(2)10(3,4)7-12-8-11(5,6)13/h9,12-13H,7-8H2,1-6H3. The molecule has 0 atom stereocenters. The van der Waals surface area contributed by atoms with Crippen molar-refractivity contribution >= 4 is 0 Å². The van der Waals surface area contributed by atoms with Crippen LogP contribution in [0.3, 0.4) is 0 Å². The fraction of sp³-hybridized carbons (Fsp3) is 1.00. The fourth-order valence-electron chi connectivity index (χ4n) is 0.895. The van der Waals surface area contributed by atoms with Crippen LogP contribution in [0.4, 0.5) is 0 Å². The molecule has 0 heterocycles. The maximum absolute atomic E-state index is 9.49. The molecule has 0 spiro atoms. The highest BCUT2D eigenvalue weighted by Crippen LogP contribution is 2.24. The maximum atomic E-state index is 9.49. The Morgan fingerprint density at radius 1 is 1.08 bits per heavy atom. The highest BCUT2D eigenvalue weighted by molar-refractivity contribution is 4.77. The van der Waals surface area contributed by atoms with Crippen molar-refractivity contribution in [1.29, 1.82) is 0 Å². The Balaban J connectivity index is 3.77. The summed E-state index contributed by atoms with van der Waals surface area (Å²) in [6.07, 6.45) is 0. The lowest BCUT2D eigenvalue weighted by atomic mass is 9.81. The third-order valence-electron chi connectivity index (χ3n) is 2.70. The molecule has 0 unspecified atom stereocenters. The summed E-state index contributed by atoms with van der Waals surface area (Å²) in [6.45, 7) is 14.2. The van der Waals surface area contributed by atoms with Crippen LogP contribution in [0.5, 0.6) is 0 Å².